The van der Waals surface area contributed by atoms with Crippen molar-refractivity contribution in [3.63, 3.8) is 0 Å². The van der Waals surface area contributed by atoms with Crippen LogP contribution < -0.4 is 10.2 Å². The first kappa shape index (κ1) is 17.8. The van der Waals surface area contributed by atoms with Gasteiger partial charge in [0, 0.05) is 43.9 Å². The Kier molecular flexibility index (Phi) is 4.53. The van der Waals surface area contributed by atoms with Crippen LogP contribution >= 0.6 is 0 Å². The Balaban J connectivity index is 1.41. The third-order valence-electron chi connectivity index (χ3n) is 6.27. The smallest absolute Gasteiger partial charge is 0.309 e. The lowest BCUT2D eigenvalue weighted by Gasteiger charge is -2.41. The van der Waals surface area contributed by atoms with Gasteiger partial charge in [0.2, 0.25) is 5.91 Å². The second-order valence-corrected chi connectivity index (χ2v) is 7.83. The highest BCUT2D eigenvalue weighted by molar-refractivity contribution is 5.95. The fraction of sp³-hybridized carbons (Fsp3) is 0.550. The number of rotatable bonds is 3. The fourth-order valence-corrected chi connectivity index (χ4v) is 4.68. The third kappa shape index (κ3) is 3.26. The van der Waals surface area contributed by atoms with Crippen molar-refractivity contribution in [3.05, 3.63) is 29.8 Å². The minimum Gasteiger partial charge on any atom is -0.481 e. The molecular weight excluding hydrogens is 346 g/mol. The van der Waals surface area contributed by atoms with Gasteiger partial charge in [-0.15, -0.1) is 0 Å². The van der Waals surface area contributed by atoms with E-state index in [9.17, 15) is 19.5 Å². The van der Waals surface area contributed by atoms with Crippen molar-refractivity contribution in [2.24, 2.45) is 5.92 Å². The largest absolute Gasteiger partial charge is 0.481 e. The highest BCUT2D eigenvalue weighted by Gasteiger charge is 2.52. The number of aliphatic carboxylic acids is 1. The third-order valence-corrected chi connectivity index (χ3v) is 6.27. The van der Waals surface area contributed by atoms with Crippen molar-refractivity contribution in [2.75, 3.05) is 31.1 Å². The summed E-state index contributed by atoms with van der Waals surface area (Å²) in [4.78, 5) is 40.2. The monoisotopic (exact) mass is 371 g/mol. The molecule has 0 aromatic heterocycles. The van der Waals surface area contributed by atoms with E-state index in [1.165, 1.54) is 12.8 Å². The maximum atomic E-state index is 12.8. The molecule has 1 aromatic carbocycles. The number of nitrogens with one attached hydrogen (secondary N) is 1. The molecule has 0 unspecified atom stereocenters. The molecule has 7 heteroatoms. The fourth-order valence-electron chi connectivity index (χ4n) is 4.68. The van der Waals surface area contributed by atoms with E-state index in [0.29, 0.717) is 31.5 Å². The van der Waals surface area contributed by atoms with Crippen LogP contribution in [0.2, 0.25) is 0 Å². The molecule has 1 atom stereocenters. The standard InChI is InChI=1S/C20H25N3O4/c24-17-13-16(19(26)27)20(21-17)7-11-23(12-8-20)18(25)14-3-5-15(6-4-14)22-9-1-2-10-22/h3-6,16H,1-2,7-13H2,(H,21,24)(H,26,27)/t16-/m1/s1. The number of anilines is 1. The summed E-state index contributed by atoms with van der Waals surface area (Å²) >= 11 is 0. The number of hydrogen-bond acceptors (Lipinski definition) is 4. The van der Waals surface area contributed by atoms with Crippen LogP contribution in [0.15, 0.2) is 24.3 Å². The quantitative estimate of drug-likeness (QED) is 0.840. The SMILES string of the molecule is O=C1C[C@H](C(=O)O)C2(CCN(C(=O)c3ccc(N4CCCC4)cc3)CC2)N1. The lowest BCUT2D eigenvalue weighted by Crippen LogP contribution is -2.56. The molecule has 3 heterocycles. The van der Waals surface area contributed by atoms with Gasteiger partial charge in [0.05, 0.1) is 11.5 Å². The first-order valence-electron chi connectivity index (χ1n) is 9.67. The lowest BCUT2D eigenvalue weighted by molar-refractivity contribution is -0.144. The van der Waals surface area contributed by atoms with Gasteiger partial charge in [-0.3, -0.25) is 14.4 Å². The minimum absolute atomic E-state index is 0.0290. The zero-order chi connectivity index (χ0) is 19.0. The molecular formula is C20H25N3O4. The molecule has 3 aliphatic rings. The van der Waals surface area contributed by atoms with Crippen LogP contribution in [0, 0.1) is 5.92 Å². The average molecular weight is 371 g/mol. The number of hydrogen-bond donors (Lipinski definition) is 2. The number of amides is 2. The molecule has 0 bridgehead atoms. The summed E-state index contributed by atoms with van der Waals surface area (Å²) in [5.41, 5.74) is 1.10. The van der Waals surface area contributed by atoms with E-state index in [-0.39, 0.29) is 18.2 Å². The number of nitrogens with zero attached hydrogens (tertiary/aromatic N) is 2. The molecule has 0 aliphatic carbocycles. The molecule has 2 N–H and O–H groups in total. The Morgan fingerprint density at radius 1 is 1.04 bits per heavy atom. The molecule has 1 aromatic rings. The zero-order valence-electron chi connectivity index (χ0n) is 15.3. The highest BCUT2D eigenvalue weighted by atomic mass is 16.4. The van der Waals surface area contributed by atoms with Crippen LogP contribution in [0.25, 0.3) is 0 Å². The predicted molar refractivity (Wildman–Crippen MR) is 99.6 cm³/mol. The van der Waals surface area contributed by atoms with E-state index < -0.39 is 17.4 Å². The summed E-state index contributed by atoms with van der Waals surface area (Å²) < 4.78 is 0. The predicted octanol–water partition coefficient (Wildman–Crippen LogP) is 1.48. The summed E-state index contributed by atoms with van der Waals surface area (Å²) in [5.74, 6) is -1.89. The number of benzene rings is 1. The van der Waals surface area contributed by atoms with Gasteiger partial charge in [0.25, 0.3) is 5.91 Å². The lowest BCUT2D eigenvalue weighted by atomic mass is 9.77. The van der Waals surface area contributed by atoms with Gasteiger partial charge in [0.1, 0.15) is 0 Å². The van der Waals surface area contributed by atoms with Gasteiger partial charge in [-0.1, -0.05) is 0 Å². The van der Waals surface area contributed by atoms with Crippen LogP contribution in [-0.2, 0) is 9.59 Å². The van der Waals surface area contributed by atoms with E-state index in [1.54, 1.807) is 4.90 Å². The first-order chi connectivity index (χ1) is 13.0. The van der Waals surface area contributed by atoms with Crippen LogP contribution in [0.5, 0.6) is 0 Å². The second kappa shape index (κ2) is 6.87. The summed E-state index contributed by atoms with van der Waals surface area (Å²) in [6, 6.07) is 7.75. The van der Waals surface area contributed by atoms with Gasteiger partial charge in [-0.25, -0.2) is 0 Å². The van der Waals surface area contributed by atoms with E-state index in [4.69, 9.17) is 0 Å². The average Bonchev–Trinajstić information content (AvgIpc) is 3.30. The van der Waals surface area contributed by atoms with Gasteiger partial charge in [-0.2, -0.15) is 0 Å². The zero-order valence-corrected chi connectivity index (χ0v) is 15.3. The van der Waals surface area contributed by atoms with Crippen molar-refractivity contribution in [2.45, 2.75) is 37.6 Å². The maximum Gasteiger partial charge on any atom is 0.309 e. The number of carboxylic acids is 1. The van der Waals surface area contributed by atoms with Crippen LogP contribution in [0.3, 0.4) is 0 Å². The molecule has 1 spiro atoms. The molecule has 27 heavy (non-hydrogen) atoms. The molecule has 3 saturated heterocycles. The molecule has 3 aliphatic heterocycles. The molecule has 0 radical (unpaired) electrons. The molecule has 144 valence electrons. The van der Waals surface area contributed by atoms with E-state index in [0.717, 1.165) is 18.8 Å². The molecule has 4 rings (SSSR count). The Labute approximate surface area is 158 Å². The van der Waals surface area contributed by atoms with Crippen LogP contribution in [-0.4, -0.2) is 59.5 Å². The number of carboxylic acid groups (broad SMARTS) is 1. The van der Waals surface area contributed by atoms with E-state index in [1.807, 2.05) is 24.3 Å². The van der Waals surface area contributed by atoms with Crippen molar-refractivity contribution < 1.29 is 19.5 Å². The summed E-state index contributed by atoms with van der Waals surface area (Å²) in [7, 11) is 0. The summed E-state index contributed by atoms with van der Waals surface area (Å²) in [5, 5.41) is 12.3. The van der Waals surface area contributed by atoms with Gasteiger partial charge in [-0.05, 0) is 49.9 Å². The molecule has 7 nitrogen and oxygen atoms in total. The van der Waals surface area contributed by atoms with Crippen LogP contribution in [0.1, 0.15) is 42.5 Å². The molecule has 2 amide bonds. The summed E-state index contributed by atoms with van der Waals surface area (Å²) in [6.45, 7) is 3.05. The van der Waals surface area contributed by atoms with Crippen molar-refractivity contribution in [1.29, 1.82) is 0 Å². The van der Waals surface area contributed by atoms with Crippen molar-refractivity contribution in [3.8, 4) is 0 Å². The Morgan fingerprint density at radius 3 is 2.26 bits per heavy atom. The highest BCUT2D eigenvalue weighted by Crippen LogP contribution is 2.37. The number of piperidine rings is 1. The Morgan fingerprint density at radius 2 is 1.67 bits per heavy atom. The normalized spacial score (nSPS) is 24.3. The minimum atomic E-state index is -0.939. The van der Waals surface area contributed by atoms with Gasteiger partial charge < -0.3 is 20.2 Å². The topological polar surface area (TPSA) is 90.0 Å². The maximum absolute atomic E-state index is 12.8. The Hall–Kier alpha value is -2.57. The van der Waals surface area contributed by atoms with Crippen LogP contribution in [0.4, 0.5) is 5.69 Å². The number of carbonyl (C=O) groups excluding carboxylic acids is 2. The number of carbonyl (C=O) groups is 3. The van der Waals surface area contributed by atoms with Crippen molar-refractivity contribution >= 4 is 23.5 Å². The molecule has 3 fully saturated rings. The van der Waals surface area contributed by atoms with E-state index in [2.05, 4.69) is 10.2 Å². The summed E-state index contributed by atoms with van der Waals surface area (Å²) in [6.07, 6.45) is 3.41. The number of likely N-dealkylation sites (tertiary alicyclic amines) is 1. The first-order valence-corrected chi connectivity index (χ1v) is 9.67. The Bertz CT molecular complexity index is 747. The van der Waals surface area contributed by atoms with Gasteiger partial charge in [0.15, 0.2) is 0 Å². The second-order valence-electron chi connectivity index (χ2n) is 7.83. The van der Waals surface area contributed by atoms with Gasteiger partial charge >= 0.3 is 5.97 Å². The van der Waals surface area contributed by atoms with Crippen molar-refractivity contribution in [1.82, 2.24) is 10.2 Å². The molecule has 0 saturated carbocycles. The van der Waals surface area contributed by atoms with E-state index >= 15 is 0 Å².